The zero-order chi connectivity index (χ0) is 9.02. The number of ketones is 2. The first-order valence-corrected chi connectivity index (χ1v) is 3.49. The summed E-state index contributed by atoms with van der Waals surface area (Å²) in [5.74, 6) is -0.987. The summed E-state index contributed by atoms with van der Waals surface area (Å²) in [5, 5.41) is -0.536. The van der Waals surface area contributed by atoms with Crippen molar-refractivity contribution in [2.45, 2.75) is 6.92 Å². The highest BCUT2D eigenvalue weighted by Crippen LogP contribution is 2.15. The minimum Gasteiger partial charge on any atom is -0.293 e. The van der Waals surface area contributed by atoms with E-state index in [-0.39, 0.29) is 10.1 Å². The van der Waals surface area contributed by atoms with Gasteiger partial charge in [-0.05, 0) is 6.08 Å². The van der Waals surface area contributed by atoms with Crippen molar-refractivity contribution in [3.8, 4) is 0 Å². The van der Waals surface area contributed by atoms with E-state index in [4.69, 9.17) is 23.2 Å². The summed E-state index contributed by atoms with van der Waals surface area (Å²) in [6, 6.07) is 0. The fraction of sp³-hybridized carbons (Fsp3) is 0.143. The molecule has 0 bridgehead atoms. The van der Waals surface area contributed by atoms with Crippen LogP contribution in [0.1, 0.15) is 6.92 Å². The van der Waals surface area contributed by atoms with Gasteiger partial charge in [0, 0.05) is 6.92 Å². The molecule has 11 heavy (non-hydrogen) atoms. The average Bonchev–Trinajstić information content (AvgIpc) is 2.00. The highest BCUT2D eigenvalue weighted by molar-refractivity contribution is 6.54. The van der Waals surface area contributed by atoms with Crippen molar-refractivity contribution >= 4 is 34.8 Å². The van der Waals surface area contributed by atoms with Crippen molar-refractivity contribution in [2.24, 2.45) is 0 Å². The Hall–Kier alpha value is -0.600. The molecule has 0 rings (SSSR count). The van der Waals surface area contributed by atoms with E-state index in [0.717, 1.165) is 6.08 Å². The van der Waals surface area contributed by atoms with Crippen LogP contribution >= 0.6 is 23.2 Å². The second-order valence-electron chi connectivity index (χ2n) is 1.75. The summed E-state index contributed by atoms with van der Waals surface area (Å²) in [5.41, 5.74) is 0. The molecule has 0 unspecified atom stereocenters. The number of rotatable bonds is 3. The van der Waals surface area contributed by atoms with Gasteiger partial charge < -0.3 is 0 Å². The van der Waals surface area contributed by atoms with Crippen molar-refractivity contribution in [1.29, 1.82) is 0 Å². The molecule has 0 N–H and O–H groups in total. The molecule has 0 aromatic carbocycles. The number of hydrogen-bond donors (Lipinski definition) is 0. The van der Waals surface area contributed by atoms with Gasteiger partial charge in [-0.3, -0.25) is 9.59 Å². The zero-order valence-corrected chi connectivity index (χ0v) is 7.37. The largest absolute Gasteiger partial charge is 0.293 e. The molecule has 0 atom stereocenters. The highest BCUT2D eigenvalue weighted by atomic mass is 35.5. The van der Waals surface area contributed by atoms with Crippen LogP contribution in [-0.4, -0.2) is 11.6 Å². The molecule has 2 nitrogen and oxygen atoms in total. The van der Waals surface area contributed by atoms with Crippen LogP contribution in [0.5, 0.6) is 0 Å². The molecule has 60 valence electrons. The third-order valence-electron chi connectivity index (χ3n) is 0.904. The van der Waals surface area contributed by atoms with Gasteiger partial charge in [-0.15, -0.1) is 0 Å². The number of carbonyl (C=O) groups is 2. The van der Waals surface area contributed by atoms with Gasteiger partial charge in [-0.2, -0.15) is 0 Å². The second-order valence-corrected chi connectivity index (χ2v) is 2.51. The predicted octanol–water partition coefficient (Wildman–Crippen LogP) is 2.02. The monoisotopic (exact) mass is 192 g/mol. The van der Waals surface area contributed by atoms with Gasteiger partial charge in [-0.1, -0.05) is 29.8 Å². The van der Waals surface area contributed by atoms with E-state index in [1.54, 1.807) is 0 Å². The molecule has 0 saturated carbocycles. The molecular formula is C7H6Cl2O2. The topological polar surface area (TPSA) is 34.1 Å². The van der Waals surface area contributed by atoms with Crippen LogP contribution in [0.15, 0.2) is 22.7 Å². The first-order chi connectivity index (χ1) is 5.00. The van der Waals surface area contributed by atoms with Crippen molar-refractivity contribution in [3.05, 3.63) is 22.7 Å². The third-order valence-corrected chi connectivity index (χ3v) is 1.83. The molecule has 0 aromatic heterocycles. The van der Waals surface area contributed by atoms with Crippen LogP contribution in [0.4, 0.5) is 0 Å². The standard InChI is InChI=1S/C7H6Cl2O2/c1-3-5(11)7(9)6(8)4(2)10/h3H,1H2,2H3/b7-6-. The maximum Gasteiger partial charge on any atom is 0.198 e. The normalized spacial score (nSPS) is 11.9. The molecule has 0 saturated heterocycles. The number of Topliss-reactive ketones (excluding diaryl/α,β-unsaturated/α-hetero) is 1. The van der Waals surface area contributed by atoms with Crippen LogP contribution in [0.3, 0.4) is 0 Å². The summed E-state index contributed by atoms with van der Waals surface area (Å²) in [4.78, 5) is 21.3. The van der Waals surface area contributed by atoms with E-state index in [1.165, 1.54) is 6.92 Å². The number of carbonyl (C=O) groups excluding carboxylic acids is 2. The smallest absolute Gasteiger partial charge is 0.198 e. The lowest BCUT2D eigenvalue weighted by molar-refractivity contribution is -0.114. The molecule has 0 heterocycles. The van der Waals surface area contributed by atoms with E-state index in [1.807, 2.05) is 0 Å². The molecule has 0 aliphatic rings. The summed E-state index contributed by atoms with van der Waals surface area (Å²) in [6.45, 7) is 4.41. The minimum atomic E-state index is -0.549. The molecule has 0 radical (unpaired) electrons. The number of hydrogen-bond acceptors (Lipinski definition) is 2. The fourth-order valence-corrected chi connectivity index (χ4v) is 0.656. The third kappa shape index (κ3) is 2.87. The van der Waals surface area contributed by atoms with Crippen LogP contribution in [0, 0.1) is 0 Å². The maximum atomic E-state index is 10.7. The fourth-order valence-electron chi connectivity index (χ4n) is 0.352. The summed E-state index contributed by atoms with van der Waals surface area (Å²) < 4.78 is 0. The van der Waals surface area contributed by atoms with Crippen molar-refractivity contribution in [1.82, 2.24) is 0 Å². The van der Waals surface area contributed by atoms with E-state index >= 15 is 0 Å². The Kier molecular flexibility index (Phi) is 4.08. The van der Waals surface area contributed by atoms with Gasteiger partial charge in [-0.25, -0.2) is 0 Å². The quantitative estimate of drug-likeness (QED) is 0.642. The van der Waals surface area contributed by atoms with Crippen LogP contribution in [0.2, 0.25) is 0 Å². The Bertz CT molecular complexity index is 241. The molecule has 0 fully saturated rings. The zero-order valence-electron chi connectivity index (χ0n) is 5.86. The Labute approximate surface area is 74.5 Å². The number of allylic oxidation sites excluding steroid dienone is 3. The van der Waals surface area contributed by atoms with E-state index in [9.17, 15) is 9.59 Å². The van der Waals surface area contributed by atoms with Crippen molar-refractivity contribution < 1.29 is 9.59 Å². The second kappa shape index (κ2) is 4.31. The SMILES string of the molecule is C=CC(=O)/C(Cl)=C(/Cl)C(C)=O. The minimum absolute atomic E-state index is 0.253. The molecule has 0 aromatic rings. The Balaban J connectivity index is 4.80. The maximum absolute atomic E-state index is 10.7. The summed E-state index contributed by atoms with van der Waals surface area (Å²) >= 11 is 10.8. The van der Waals surface area contributed by atoms with E-state index in [0.29, 0.717) is 0 Å². The van der Waals surface area contributed by atoms with Gasteiger partial charge in [0.05, 0.1) is 0 Å². The van der Waals surface area contributed by atoms with Gasteiger partial charge in [0.25, 0.3) is 0 Å². The van der Waals surface area contributed by atoms with Gasteiger partial charge in [0.2, 0.25) is 0 Å². The van der Waals surface area contributed by atoms with Crippen molar-refractivity contribution in [2.75, 3.05) is 0 Å². The summed E-state index contributed by atoms with van der Waals surface area (Å²) in [7, 11) is 0. The van der Waals surface area contributed by atoms with E-state index < -0.39 is 11.6 Å². The highest BCUT2D eigenvalue weighted by Gasteiger charge is 2.11. The lowest BCUT2D eigenvalue weighted by Gasteiger charge is -1.93. The van der Waals surface area contributed by atoms with Crippen LogP contribution in [-0.2, 0) is 9.59 Å². The van der Waals surface area contributed by atoms with Gasteiger partial charge in [0.15, 0.2) is 11.6 Å². The Morgan fingerprint density at radius 3 is 2.00 bits per heavy atom. The van der Waals surface area contributed by atoms with Crippen molar-refractivity contribution in [3.63, 3.8) is 0 Å². The van der Waals surface area contributed by atoms with Crippen LogP contribution in [0.25, 0.3) is 0 Å². The molecule has 0 spiro atoms. The van der Waals surface area contributed by atoms with Crippen LogP contribution < -0.4 is 0 Å². The molecule has 0 aliphatic heterocycles. The first kappa shape index (κ1) is 10.4. The lowest BCUT2D eigenvalue weighted by atomic mass is 10.3. The van der Waals surface area contributed by atoms with E-state index in [2.05, 4.69) is 6.58 Å². The average molecular weight is 193 g/mol. The molecule has 0 aliphatic carbocycles. The summed E-state index contributed by atoms with van der Waals surface area (Å²) in [6.07, 6.45) is 0.994. The number of halogens is 2. The molecule has 4 heteroatoms. The van der Waals surface area contributed by atoms with Gasteiger partial charge in [0.1, 0.15) is 10.1 Å². The Morgan fingerprint density at radius 1 is 1.27 bits per heavy atom. The first-order valence-electron chi connectivity index (χ1n) is 2.73. The molecular weight excluding hydrogens is 187 g/mol. The lowest BCUT2D eigenvalue weighted by Crippen LogP contribution is -1.99. The van der Waals surface area contributed by atoms with Gasteiger partial charge >= 0.3 is 0 Å². The molecule has 0 amide bonds. The predicted molar refractivity (Wildman–Crippen MR) is 44.6 cm³/mol. The Morgan fingerprint density at radius 2 is 1.73 bits per heavy atom.